The number of nitrogens with one attached hydrogen (secondary N) is 2. The van der Waals surface area contributed by atoms with E-state index in [1.54, 1.807) is 37.4 Å². The Balaban J connectivity index is 1.98. The van der Waals surface area contributed by atoms with Crippen molar-refractivity contribution in [3.8, 4) is 0 Å². The Kier molecular flexibility index (Phi) is 5.49. The number of benzene rings is 2. The number of carbonyl (C=O) groups excluding carboxylic acids is 2. The maximum absolute atomic E-state index is 11.9. The molecule has 0 unspecified atom stereocenters. The topological polar surface area (TPSA) is 58.2 Å². The van der Waals surface area contributed by atoms with E-state index in [4.69, 9.17) is 0 Å². The predicted octanol–water partition coefficient (Wildman–Crippen LogP) is 3.46. The molecule has 0 saturated carbocycles. The van der Waals surface area contributed by atoms with Crippen molar-refractivity contribution in [3.05, 3.63) is 70.2 Å². The normalized spacial score (nSPS) is 10.5. The molecule has 0 saturated heterocycles. The van der Waals surface area contributed by atoms with Gasteiger partial charge in [-0.15, -0.1) is 0 Å². The second-order valence-corrected chi connectivity index (χ2v) is 5.45. The number of hydrogen-bond donors (Lipinski definition) is 2. The number of halogens is 1. The van der Waals surface area contributed by atoms with Crippen LogP contribution in [-0.2, 0) is 4.79 Å². The summed E-state index contributed by atoms with van der Waals surface area (Å²) in [5.41, 5.74) is 2.11. The summed E-state index contributed by atoms with van der Waals surface area (Å²) in [5.74, 6) is -0.389. The van der Waals surface area contributed by atoms with Crippen LogP contribution in [-0.4, -0.2) is 18.9 Å². The molecule has 0 radical (unpaired) electrons. The van der Waals surface area contributed by atoms with Crippen LogP contribution < -0.4 is 10.6 Å². The van der Waals surface area contributed by atoms with Gasteiger partial charge in [-0.25, -0.2) is 0 Å². The van der Waals surface area contributed by atoms with E-state index in [1.165, 1.54) is 6.08 Å². The molecule has 2 aromatic carbocycles. The van der Waals surface area contributed by atoms with Gasteiger partial charge < -0.3 is 10.6 Å². The molecule has 0 aliphatic carbocycles. The summed E-state index contributed by atoms with van der Waals surface area (Å²) in [6.45, 7) is 0. The van der Waals surface area contributed by atoms with Crippen molar-refractivity contribution in [3.63, 3.8) is 0 Å². The van der Waals surface area contributed by atoms with Crippen LogP contribution in [0.1, 0.15) is 15.9 Å². The summed E-state index contributed by atoms with van der Waals surface area (Å²) in [5, 5.41) is 5.28. The molecular formula is C17H15BrN2O2. The van der Waals surface area contributed by atoms with Gasteiger partial charge in [0.2, 0.25) is 5.91 Å². The van der Waals surface area contributed by atoms with Crippen LogP contribution in [0.3, 0.4) is 0 Å². The summed E-state index contributed by atoms with van der Waals surface area (Å²) in [6.07, 6.45) is 3.20. The first kappa shape index (κ1) is 16.0. The van der Waals surface area contributed by atoms with Crippen molar-refractivity contribution >= 4 is 39.5 Å². The molecular weight excluding hydrogens is 344 g/mol. The van der Waals surface area contributed by atoms with Crippen LogP contribution in [0, 0.1) is 0 Å². The zero-order valence-corrected chi connectivity index (χ0v) is 13.6. The highest BCUT2D eigenvalue weighted by atomic mass is 79.9. The van der Waals surface area contributed by atoms with Gasteiger partial charge in [0.05, 0.1) is 0 Å². The minimum atomic E-state index is -0.229. The van der Waals surface area contributed by atoms with E-state index < -0.39 is 0 Å². The molecule has 0 atom stereocenters. The Bertz CT molecular complexity index is 709. The molecule has 0 aliphatic heterocycles. The third-order valence-corrected chi connectivity index (χ3v) is 3.41. The molecule has 112 valence electrons. The van der Waals surface area contributed by atoms with Crippen molar-refractivity contribution in [2.75, 3.05) is 12.4 Å². The summed E-state index contributed by atoms with van der Waals surface area (Å²) < 4.78 is 0.958. The summed E-state index contributed by atoms with van der Waals surface area (Å²) in [4.78, 5) is 23.3. The highest BCUT2D eigenvalue weighted by molar-refractivity contribution is 9.10. The van der Waals surface area contributed by atoms with Crippen molar-refractivity contribution in [2.45, 2.75) is 0 Å². The molecule has 0 aromatic heterocycles. The minimum absolute atomic E-state index is 0.160. The molecule has 5 heteroatoms. The second kappa shape index (κ2) is 7.56. The molecule has 2 rings (SSSR count). The lowest BCUT2D eigenvalue weighted by atomic mass is 10.2. The Morgan fingerprint density at radius 1 is 1.09 bits per heavy atom. The third-order valence-electron chi connectivity index (χ3n) is 2.92. The van der Waals surface area contributed by atoms with E-state index in [9.17, 15) is 9.59 Å². The average molecular weight is 359 g/mol. The van der Waals surface area contributed by atoms with E-state index in [0.29, 0.717) is 11.3 Å². The maximum atomic E-state index is 11.9. The van der Waals surface area contributed by atoms with Gasteiger partial charge in [-0.1, -0.05) is 28.1 Å². The Hall–Kier alpha value is -2.40. The smallest absolute Gasteiger partial charge is 0.251 e. The Morgan fingerprint density at radius 3 is 2.45 bits per heavy atom. The highest BCUT2D eigenvalue weighted by Gasteiger charge is 2.03. The van der Waals surface area contributed by atoms with Gasteiger partial charge in [-0.2, -0.15) is 0 Å². The number of amides is 2. The van der Waals surface area contributed by atoms with Gasteiger partial charge >= 0.3 is 0 Å². The van der Waals surface area contributed by atoms with Crippen LogP contribution in [0.15, 0.2) is 59.1 Å². The lowest BCUT2D eigenvalue weighted by Crippen LogP contribution is -2.17. The summed E-state index contributed by atoms with van der Waals surface area (Å²) in [6, 6.07) is 14.4. The number of carbonyl (C=O) groups is 2. The fourth-order valence-corrected chi connectivity index (χ4v) is 2.23. The monoisotopic (exact) mass is 358 g/mol. The fourth-order valence-electron chi connectivity index (χ4n) is 1.82. The molecule has 0 spiro atoms. The first-order valence-corrected chi connectivity index (χ1v) is 7.44. The van der Waals surface area contributed by atoms with Crippen molar-refractivity contribution in [2.24, 2.45) is 0 Å². The molecule has 4 nitrogen and oxygen atoms in total. The third kappa shape index (κ3) is 4.56. The molecule has 0 aliphatic rings. The molecule has 0 heterocycles. The average Bonchev–Trinajstić information content (AvgIpc) is 2.53. The zero-order chi connectivity index (χ0) is 15.9. The van der Waals surface area contributed by atoms with Crippen molar-refractivity contribution in [1.82, 2.24) is 5.32 Å². The van der Waals surface area contributed by atoms with Crippen LogP contribution >= 0.6 is 15.9 Å². The van der Waals surface area contributed by atoms with Crippen LogP contribution in [0.2, 0.25) is 0 Å². The van der Waals surface area contributed by atoms with Crippen LogP contribution in [0.5, 0.6) is 0 Å². The molecule has 22 heavy (non-hydrogen) atoms. The van der Waals surface area contributed by atoms with Gasteiger partial charge in [-0.3, -0.25) is 9.59 Å². The Labute approximate surface area is 137 Å². The molecule has 0 fully saturated rings. The second-order valence-electron chi connectivity index (χ2n) is 4.53. The van der Waals surface area contributed by atoms with E-state index >= 15 is 0 Å². The molecule has 2 N–H and O–H groups in total. The standard InChI is InChI=1S/C17H15BrN2O2/c1-19-17(22)13-6-8-15(9-7-13)20-16(21)10-5-12-3-2-4-14(18)11-12/h2-11H,1H3,(H,19,22)(H,20,21)/b10-5+. The van der Waals surface area contributed by atoms with E-state index in [1.807, 2.05) is 24.3 Å². The quantitative estimate of drug-likeness (QED) is 0.822. The lowest BCUT2D eigenvalue weighted by molar-refractivity contribution is -0.111. The van der Waals surface area contributed by atoms with Crippen molar-refractivity contribution in [1.29, 1.82) is 0 Å². The van der Waals surface area contributed by atoms with E-state index in [2.05, 4.69) is 26.6 Å². The Morgan fingerprint density at radius 2 is 1.82 bits per heavy atom. The predicted molar refractivity (Wildman–Crippen MR) is 91.6 cm³/mol. The largest absolute Gasteiger partial charge is 0.355 e. The van der Waals surface area contributed by atoms with Gasteiger partial charge in [0, 0.05) is 28.8 Å². The summed E-state index contributed by atoms with van der Waals surface area (Å²) >= 11 is 3.38. The first-order valence-electron chi connectivity index (χ1n) is 6.65. The van der Waals surface area contributed by atoms with Gasteiger partial charge in [0.15, 0.2) is 0 Å². The molecule has 2 amide bonds. The highest BCUT2D eigenvalue weighted by Crippen LogP contribution is 2.13. The molecule has 0 bridgehead atoms. The van der Waals surface area contributed by atoms with Gasteiger partial charge in [0.25, 0.3) is 5.91 Å². The maximum Gasteiger partial charge on any atom is 0.251 e. The minimum Gasteiger partial charge on any atom is -0.355 e. The van der Waals surface area contributed by atoms with E-state index in [0.717, 1.165) is 10.0 Å². The summed E-state index contributed by atoms with van der Waals surface area (Å²) in [7, 11) is 1.57. The van der Waals surface area contributed by atoms with E-state index in [-0.39, 0.29) is 11.8 Å². The van der Waals surface area contributed by atoms with Crippen molar-refractivity contribution < 1.29 is 9.59 Å². The number of rotatable bonds is 4. The number of hydrogen-bond acceptors (Lipinski definition) is 2. The molecule has 2 aromatic rings. The fraction of sp³-hybridized carbons (Fsp3) is 0.0588. The SMILES string of the molecule is CNC(=O)c1ccc(NC(=O)/C=C/c2cccc(Br)c2)cc1. The van der Waals surface area contributed by atoms with Gasteiger partial charge in [-0.05, 0) is 48.0 Å². The lowest BCUT2D eigenvalue weighted by Gasteiger charge is -2.04. The van der Waals surface area contributed by atoms with Gasteiger partial charge in [0.1, 0.15) is 0 Å². The zero-order valence-electron chi connectivity index (χ0n) is 12.0. The first-order chi connectivity index (χ1) is 10.6. The van der Waals surface area contributed by atoms with Crippen LogP contribution in [0.4, 0.5) is 5.69 Å². The number of anilines is 1. The van der Waals surface area contributed by atoms with Crippen LogP contribution in [0.25, 0.3) is 6.08 Å².